The summed E-state index contributed by atoms with van der Waals surface area (Å²) < 4.78 is 39.0. The largest absolute Gasteiger partial charge is 0.673 e. The van der Waals surface area contributed by atoms with Crippen molar-refractivity contribution in [3.8, 4) is 0 Å². The molecule has 0 atom stereocenters. The van der Waals surface area contributed by atoms with Crippen molar-refractivity contribution in [3.63, 3.8) is 0 Å². The maximum atomic E-state index is 9.75. The molecule has 0 heterocycles. The average Bonchev–Trinajstić information content (AvgIpc) is 2.24. The summed E-state index contributed by atoms with van der Waals surface area (Å²) in [5, 5.41) is 0. The Morgan fingerprint density at radius 1 is 0.562 bits per heavy atom. The molecule has 0 spiro atoms. The van der Waals surface area contributed by atoms with Gasteiger partial charge in [-0.25, -0.2) is 0 Å². The standard InChI is InChI=1S/C6H6.2C2H4.BF4.Rh/c1-2-4-6-5-3-1;2*1-2;2-1(3,4)5;/h1-6H;2*1-2H2;;/q;;;-1;. The number of hydrogen-bond donors (Lipinski definition) is 0. The molecule has 0 aromatic heterocycles. The van der Waals surface area contributed by atoms with Crippen LogP contribution >= 0.6 is 0 Å². The van der Waals surface area contributed by atoms with E-state index in [9.17, 15) is 17.3 Å². The minimum atomic E-state index is -6.00. The van der Waals surface area contributed by atoms with Crippen molar-refractivity contribution in [1.29, 1.82) is 0 Å². The van der Waals surface area contributed by atoms with Gasteiger partial charge in [0.05, 0.1) is 0 Å². The van der Waals surface area contributed by atoms with Crippen LogP contribution in [0.2, 0.25) is 0 Å². The molecule has 0 saturated heterocycles. The molecule has 0 aliphatic rings. The van der Waals surface area contributed by atoms with Gasteiger partial charge in [-0.15, -0.1) is 26.3 Å². The van der Waals surface area contributed by atoms with Crippen molar-refractivity contribution < 1.29 is 36.7 Å². The van der Waals surface area contributed by atoms with Crippen LogP contribution in [-0.4, -0.2) is 7.25 Å². The SMILES string of the molecule is C=C.C=C.F[B-](F)(F)F.[Rh].c1ccccc1. The molecule has 1 rings (SSSR count). The molecule has 0 unspecified atom stereocenters. The van der Waals surface area contributed by atoms with E-state index in [0.29, 0.717) is 0 Å². The van der Waals surface area contributed by atoms with Gasteiger partial charge in [-0.1, -0.05) is 36.4 Å². The Kier molecular flexibility index (Phi) is 29.9. The van der Waals surface area contributed by atoms with Gasteiger partial charge >= 0.3 is 7.25 Å². The van der Waals surface area contributed by atoms with Gasteiger partial charge < -0.3 is 17.3 Å². The monoisotopic (exact) mass is 324 g/mol. The Morgan fingerprint density at radius 2 is 0.625 bits per heavy atom. The van der Waals surface area contributed by atoms with Crippen LogP contribution in [0.5, 0.6) is 0 Å². The van der Waals surface area contributed by atoms with E-state index in [1.54, 1.807) is 0 Å². The average molecular weight is 324 g/mol. The van der Waals surface area contributed by atoms with Crippen molar-refractivity contribution in [3.05, 3.63) is 62.7 Å². The fourth-order valence-corrected chi connectivity index (χ4v) is 0.385. The second kappa shape index (κ2) is 19.6. The van der Waals surface area contributed by atoms with Crippen LogP contribution in [-0.2, 0) is 19.5 Å². The second-order valence-electron chi connectivity index (χ2n) is 1.65. The quantitative estimate of drug-likeness (QED) is 0.372. The zero-order chi connectivity index (χ0) is 12.7. The zero-order valence-corrected chi connectivity index (χ0v) is 10.4. The maximum absolute atomic E-state index is 9.75. The first-order valence-electron chi connectivity index (χ1n) is 3.87. The van der Waals surface area contributed by atoms with Crippen LogP contribution in [0.25, 0.3) is 0 Å². The number of hydrogen-bond acceptors (Lipinski definition) is 0. The van der Waals surface area contributed by atoms with Gasteiger partial charge in [-0.2, -0.15) is 0 Å². The van der Waals surface area contributed by atoms with Gasteiger partial charge in [0.2, 0.25) is 0 Å². The Labute approximate surface area is 107 Å². The Morgan fingerprint density at radius 3 is 0.688 bits per heavy atom. The third-order valence-corrected chi connectivity index (χ3v) is 0.667. The summed E-state index contributed by atoms with van der Waals surface area (Å²) in [6, 6.07) is 12.0. The van der Waals surface area contributed by atoms with Crippen molar-refractivity contribution in [2.75, 3.05) is 0 Å². The van der Waals surface area contributed by atoms with Gasteiger partial charge in [0.15, 0.2) is 0 Å². The molecule has 0 aliphatic heterocycles. The Bertz CT molecular complexity index is 169. The summed E-state index contributed by atoms with van der Waals surface area (Å²) >= 11 is 0. The normalized spacial score (nSPS) is 7.25. The summed E-state index contributed by atoms with van der Waals surface area (Å²) in [4.78, 5) is 0. The molecular formula is C10H14BF4Rh-. The second-order valence-corrected chi connectivity index (χ2v) is 1.65. The molecule has 0 saturated carbocycles. The minimum Gasteiger partial charge on any atom is -0.418 e. The van der Waals surface area contributed by atoms with Gasteiger partial charge in [0.1, 0.15) is 0 Å². The van der Waals surface area contributed by atoms with Crippen LogP contribution < -0.4 is 0 Å². The number of benzene rings is 1. The molecule has 16 heavy (non-hydrogen) atoms. The Hall–Kier alpha value is -0.892. The zero-order valence-electron chi connectivity index (χ0n) is 8.72. The molecule has 95 valence electrons. The molecule has 1 radical (unpaired) electrons. The number of halogens is 4. The van der Waals surface area contributed by atoms with E-state index >= 15 is 0 Å². The van der Waals surface area contributed by atoms with Crippen molar-refractivity contribution in [1.82, 2.24) is 0 Å². The van der Waals surface area contributed by atoms with Crippen LogP contribution in [0.15, 0.2) is 62.7 Å². The summed E-state index contributed by atoms with van der Waals surface area (Å²) in [5.41, 5.74) is 0. The van der Waals surface area contributed by atoms with E-state index in [1.807, 2.05) is 36.4 Å². The molecule has 6 heteroatoms. The summed E-state index contributed by atoms with van der Waals surface area (Å²) in [6.07, 6.45) is 0. The fraction of sp³-hybridized carbons (Fsp3) is 0. The summed E-state index contributed by atoms with van der Waals surface area (Å²) in [5.74, 6) is 0. The summed E-state index contributed by atoms with van der Waals surface area (Å²) in [7, 11) is -6.00. The molecule has 0 aliphatic carbocycles. The van der Waals surface area contributed by atoms with E-state index in [2.05, 4.69) is 26.3 Å². The predicted molar refractivity (Wildman–Crippen MR) is 59.1 cm³/mol. The van der Waals surface area contributed by atoms with Crippen molar-refractivity contribution in [2.24, 2.45) is 0 Å². The third-order valence-electron chi connectivity index (χ3n) is 0.667. The van der Waals surface area contributed by atoms with Crippen LogP contribution in [0.4, 0.5) is 17.3 Å². The maximum Gasteiger partial charge on any atom is 0.673 e. The fourth-order valence-electron chi connectivity index (χ4n) is 0.385. The molecular weight excluding hydrogens is 310 g/mol. The predicted octanol–water partition coefficient (Wildman–Crippen LogP) is 4.59. The Balaban J connectivity index is -0.0000000664. The van der Waals surface area contributed by atoms with Gasteiger partial charge in [-0.05, 0) is 0 Å². The van der Waals surface area contributed by atoms with Crippen molar-refractivity contribution >= 4 is 7.25 Å². The van der Waals surface area contributed by atoms with E-state index in [0.717, 1.165) is 0 Å². The van der Waals surface area contributed by atoms with Gasteiger partial charge in [0, 0.05) is 19.5 Å². The molecule has 0 amide bonds. The summed E-state index contributed by atoms with van der Waals surface area (Å²) in [6.45, 7) is 12.0. The van der Waals surface area contributed by atoms with Crippen LogP contribution in [0.1, 0.15) is 0 Å². The first kappa shape index (κ1) is 24.4. The van der Waals surface area contributed by atoms with Crippen LogP contribution in [0, 0.1) is 0 Å². The molecule has 0 fully saturated rings. The molecule has 1 aromatic rings. The smallest absolute Gasteiger partial charge is 0.418 e. The molecule has 0 nitrogen and oxygen atoms in total. The molecule has 0 bridgehead atoms. The first-order chi connectivity index (χ1) is 7.00. The first-order valence-corrected chi connectivity index (χ1v) is 3.87. The van der Waals surface area contributed by atoms with Crippen LogP contribution in [0.3, 0.4) is 0 Å². The van der Waals surface area contributed by atoms with Crippen molar-refractivity contribution in [2.45, 2.75) is 0 Å². The van der Waals surface area contributed by atoms with E-state index < -0.39 is 7.25 Å². The topological polar surface area (TPSA) is 0 Å². The molecule has 1 aromatic carbocycles. The van der Waals surface area contributed by atoms with E-state index in [1.165, 1.54) is 0 Å². The van der Waals surface area contributed by atoms with Gasteiger partial charge in [0.25, 0.3) is 0 Å². The van der Waals surface area contributed by atoms with E-state index in [4.69, 9.17) is 0 Å². The third kappa shape index (κ3) is 73.6. The molecule has 0 N–H and O–H groups in total. The number of rotatable bonds is 0. The van der Waals surface area contributed by atoms with Gasteiger partial charge in [-0.3, -0.25) is 0 Å². The van der Waals surface area contributed by atoms with E-state index in [-0.39, 0.29) is 19.5 Å². The minimum absolute atomic E-state index is 0.